The van der Waals surface area contributed by atoms with Crippen LogP contribution in [0.4, 0.5) is 16.2 Å². The van der Waals surface area contributed by atoms with Crippen molar-refractivity contribution in [2.24, 2.45) is 0 Å². The molecule has 3 aromatic carbocycles. The molecule has 0 radical (unpaired) electrons. The summed E-state index contributed by atoms with van der Waals surface area (Å²) in [6, 6.07) is 14.8. The van der Waals surface area contributed by atoms with Crippen LogP contribution in [0.2, 0.25) is 5.02 Å². The number of carbonyl (C=O) groups excluding carboxylic acids is 3. The molecule has 36 heavy (non-hydrogen) atoms. The molecule has 1 fully saturated rings. The molecule has 1 aliphatic rings. The van der Waals surface area contributed by atoms with E-state index in [1.54, 1.807) is 12.1 Å². The number of nitrogens with one attached hydrogen (secondary N) is 1. The Morgan fingerprint density at radius 1 is 1.11 bits per heavy atom. The molecule has 0 bridgehead atoms. The van der Waals surface area contributed by atoms with Gasteiger partial charge in [0.15, 0.2) is 0 Å². The lowest BCUT2D eigenvalue weighted by atomic mass is 10.0. The number of anilines is 1. The highest BCUT2D eigenvalue weighted by Crippen LogP contribution is 2.34. The summed E-state index contributed by atoms with van der Waals surface area (Å²) in [6.45, 7) is 0. The maximum Gasteiger partial charge on any atom is 0.335 e. The number of non-ortho nitro benzene ring substituents is 1. The van der Waals surface area contributed by atoms with Crippen molar-refractivity contribution in [1.82, 2.24) is 5.32 Å². The SMILES string of the molecule is COc1cc(/C=C2\C(=O)NC(=O)N(c3cccc([N+](=O)[O-])c3)C2=O)cc(Cl)c1Cc1ccccc1Br. The number of methoxy groups -OCH3 is 1. The minimum atomic E-state index is -1.01. The highest BCUT2D eigenvalue weighted by atomic mass is 79.9. The molecule has 4 rings (SSSR count). The Morgan fingerprint density at radius 2 is 1.86 bits per heavy atom. The first kappa shape index (κ1) is 25.1. The van der Waals surface area contributed by atoms with Crippen molar-refractivity contribution in [1.29, 1.82) is 0 Å². The number of hydrogen-bond donors (Lipinski definition) is 1. The number of urea groups is 1. The van der Waals surface area contributed by atoms with Gasteiger partial charge in [0, 0.05) is 33.6 Å². The van der Waals surface area contributed by atoms with Gasteiger partial charge in [0.2, 0.25) is 0 Å². The second kappa shape index (κ2) is 10.3. The zero-order valence-corrected chi connectivity index (χ0v) is 21.0. The molecule has 0 spiro atoms. The van der Waals surface area contributed by atoms with E-state index in [1.165, 1.54) is 31.4 Å². The Morgan fingerprint density at radius 3 is 2.56 bits per heavy atom. The number of halogens is 2. The third-order valence-electron chi connectivity index (χ3n) is 5.43. The van der Waals surface area contributed by atoms with Crippen LogP contribution in [0, 0.1) is 10.1 Å². The normalized spacial score (nSPS) is 14.7. The van der Waals surface area contributed by atoms with Crippen molar-refractivity contribution in [3.63, 3.8) is 0 Å². The molecule has 1 N–H and O–H groups in total. The van der Waals surface area contributed by atoms with Crippen LogP contribution in [-0.4, -0.2) is 29.9 Å². The van der Waals surface area contributed by atoms with E-state index in [-0.39, 0.29) is 16.9 Å². The first-order chi connectivity index (χ1) is 17.2. The van der Waals surface area contributed by atoms with Crippen molar-refractivity contribution in [2.45, 2.75) is 6.42 Å². The van der Waals surface area contributed by atoms with Gasteiger partial charge < -0.3 is 4.74 Å². The molecule has 0 saturated carbocycles. The van der Waals surface area contributed by atoms with Crippen LogP contribution in [0.3, 0.4) is 0 Å². The minimum absolute atomic E-state index is 0.0514. The van der Waals surface area contributed by atoms with E-state index in [1.807, 2.05) is 24.3 Å². The Hall–Kier alpha value is -4.02. The lowest BCUT2D eigenvalue weighted by Gasteiger charge is -2.26. The number of rotatable bonds is 6. The van der Waals surface area contributed by atoms with E-state index in [4.69, 9.17) is 16.3 Å². The number of hydrogen-bond acceptors (Lipinski definition) is 6. The molecule has 0 unspecified atom stereocenters. The fourth-order valence-corrected chi connectivity index (χ4v) is 4.42. The van der Waals surface area contributed by atoms with Gasteiger partial charge in [-0.05, 0) is 41.5 Å². The number of nitro benzene ring substituents is 1. The average Bonchev–Trinajstić information content (AvgIpc) is 2.84. The summed E-state index contributed by atoms with van der Waals surface area (Å²) in [5.41, 5.74) is 1.37. The molecule has 0 aliphatic carbocycles. The van der Waals surface area contributed by atoms with Crippen LogP contribution in [-0.2, 0) is 16.0 Å². The van der Waals surface area contributed by atoms with Gasteiger partial charge in [-0.25, -0.2) is 9.69 Å². The highest BCUT2D eigenvalue weighted by molar-refractivity contribution is 9.10. The van der Waals surface area contributed by atoms with Gasteiger partial charge in [-0.2, -0.15) is 0 Å². The smallest absolute Gasteiger partial charge is 0.335 e. The summed E-state index contributed by atoms with van der Waals surface area (Å²) >= 11 is 10.1. The van der Waals surface area contributed by atoms with Gasteiger partial charge >= 0.3 is 6.03 Å². The summed E-state index contributed by atoms with van der Waals surface area (Å²) in [5.74, 6) is -1.39. The van der Waals surface area contributed by atoms with Gasteiger partial charge in [-0.15, -0.1) is 0 Å². The van der Waals surface area contributed by atoms with Gasteiger partial charge in [0.1, 0.15) is 11.3 Å². The third-order valence-corrected chi connectivity index (χ3v) is 6.54. The fraction of sp³-hybridized carbons (Fsp3) is 0.0800. The molecule has 4 amide bonds. The van der Waals surface area contributed by atoms with Crippen LogP contribution in [0.25, 0.3) is 6.08 Å². The summed E-state index contributed by atoms with van der Waals surface area (Å²) in [4.78, 5) is 49.2. The standard InChI is InChI=1S/C25H17BrClN3O6/c1-36-22-11-14(10-21(27)18(22)12-15-5-2-3-8-20(15)26)9-19-23(31)28-25(33)29(24(19)32)16-6-4-7-17(13-16)30(34)35/h2-11,13H,12H2,1H3,(H,28,31,33)/b19-9+. The number of amides is 4. The molecule has 1 aliphatic heterocycles. The molecule has 0 atom stereocenters. The fourth-order valence-electron chi connectivity index (χ4n) is 3.70. The van der Waals surface area contributed by atoms with E-state index < -0.39 is 22.8 Å². The molecule has 0 aromatic heterocycles. The lowest BCUT2D eigenvalue weighted by molar-refractivity contribution is -0.384. The van der Waals surface area contributed by atoms with Crippen LogP contribution in [0.5, 0.6) is 5.75 Å². The maximum absolute atomic E-state index is 13.2. The summed E-state index contributed by atoms with van der Waals surface area (Å²) in [7, 11) is 1.48. The molecule has 11 heteroatoms. The summed E-state index contributed by atoms with van der Waals surface area (Å²) in [5, 5.41) is 13.6. The zero-order chi connectivity index (χ0) is 26.0. The van der Waals surface area contributed by atoms with Crippen molar-refractivity contribution in [2.75, 3.05) is 12.0 Å². The van der Waals surface area contributed by atoms with Gasteiger partial charge in [0.25, 0.3) is 17.5 Å². The van der Waals surface area contributed by atoms with Crippen LogP contribution >= 0.6 is 27.5 Å². The first-order valence-corrected chi connectivity index (χ1v) is 11.6. The second-order valence-corrected chi connectivity index (χ2v) is 8.95. The molecule has 9 nitrogen and oxygen atoms in total. The number of carbonyl (C=O) groups is 3. The molecular weight excluding hydrogens is 554 g/mol. The molecule has 1 saturated heterocycles. The number of imide groups is 2. The van der Waals surface area contributed by atoms with Gasteiger partial charge in [-0.3, -0.25) is 25.0 Å². The first-order valence-electron chi connectivity index (χ1n) is 10.5. The van der Waals surface area contributed by atoms with E-state index in [2.05, 4.69) is 21.2 Å². The Bertz CT molecular complexity index is 1460. The van der Waals surface area contributed by atoms with Gasteiger partial charge in [-0.1, -0.05) is 51.8 Å². The molecular formula is C25H17BrClN3O6. The maximum atomic E-state index is 13.2. The van der Waals surface area contributed by atoms with Crippen LogP contribution < -0.4 is 15.0 Å². The topological polar surface area (TPSA) is 119 Å². The quantitative estimate of drug-likeness (QED) is 0.186. The number of barbiturate groups is 1. The van der Waals surface area contributed by atoms with E-state index in [0.29, 0.717) is 33.2 Å². The Balaban J connectivity index is 1.72. The summed E-state index contributed by atoms with van der Waals surface area (Å²) < 4.78 is 6.43. The van der Waals surface area contributed by atoms with E-state index in [0.717, 1.165) is 16.1 Å². The Kier molecular flexibility index (Phi) is 7.18. The summed E-state index contributed by atoms with van der Waals surface area (Å²) in [6.07, 6.45) is 1.75. The molecule has 1 heterocycles. The molecule has 182 valence electrons. The number of ether oxygens (including phenoxy) is 1. The largest absolute Gasteiger partial charge is 0.496 e. The predicted molar refractivity (Wildman–Crippen MR) is 137 cm³/mol. The van der Waals surface area contributed by atoms with Gasteiger partial charge in [0.05, 0.1) is 17.7 Å². The predicted octanol–water partition coefficient (Wildman–Crippen LogP) is 5.28. The van der Waals surface area contributed by atoms with Crippen molar-refractivity contribution < 1.29 is 24.0 Å². The van der Waals surface area contributed by atoms with Crippen molar-refractivity contribution in [3.8, 4) is 5.75 Å². The number of nitrogens with zero attached hydrogens (tertiary/aromatic N) is 2. The lowest BCUT2D eigenvalue weighted by Crippen LogP contribution is -2.54. The molecule has 3 aromatic rings. The third kappa shape index (κ3) is 5.00. The minimum Gasteiger partial charge on any atom is -0.496 e. The van der Waals surface area contributed by atoms with Crippen LogP contribution in [0.1, 0.15) is 16.7 Å². The zero-order valence-electron chi connectivity index (χ0n) is 18.7. The van der Waals surface area contributed by atoms with E-state index >= 15 is 0 Å². The van der Waals surface area contributed by atoms with Crippen LogP contribution in [0.15, 0.2) is 70.7 Å². The van der Waals surface area contributed by atoms with Crippen molar-refractivity contribution in [3.05, 3.63) is 103 Å². The van der Waals surface area contributed by atoms with Crippen molar-refractivity contribution >= 4 is 62.8 Å². The highest BCUT2D eigenvalue weighted by Gasteiger charge is 2.37. The second-order valence-electron chi connectivity index (χ2n) is 7.69. The number of benzene rings is 3. The average molecular weight is 571 g/mol. The van der Waals surface area contributed by atoms with E-state index in [9.17, 15) is 24.5 Å². The monoisotopic (exact) mass is 569 g/mol. The Labute approximate surface area is 218 Å². The number of nitro groups is 1.